The minimum atomic E-state index is -1.72. The minimum absolute atomic E-state index is 0.0246. The van der Waals surface area contributed by atoms with Crippen molar-refractivity contribution in [3.8, 4) is 12.3 Å². The summed E-state index contributed by atoms with van der Waals surface area (Å²) in [4.78, 5) is 82.3. The number of ether oxygens (including phenoxy) is 11. The van der Waals surface area contributed by atoms with Crippen molar-refractivity contribution in [2.75, 3.05) is 106 Å². The molecule has 3 amide bonds. The highest BCUT2D eigenvalue weighted by Crippen LogP contribution is 2.31. The molecule has 2 rings (SSSR count). The molecule has 0 aromatic heterocycles. The Labute approximate surface area is 442 Å². The fourth-order valence-electron chi connectivity index (χ4n) is 7.10. The smallest absolute Gasteiger partial charge is 0.407 e. The van der Waals surface area contributed by atoms with Crippen LogP contribution in [0.25, 0.3) is 0 Å². The summed E-state index contributed by atoms with van der Waals surface area (Å²) in [6.07, 6.45) is -2.99. The zero-order valence-corrected chi connectivity index (χ0v) is 42.6. The van der Waals surface area contributed by atoms with Crippen LogP contribution < -0.4 is 38.9 Å². The van der Waals surface area contributed by atoms with Gasteiger partial charge in [0.25, 0.3) is 0 Å². The second kappa shape index (κ2) is 37.2. The lowest BCUT2D eigenvalue weighted by Gasteiger charge is -2.40. The van der Waals surface area contributed by atoms with E-state index in [2.05, 4.69) is 31.9 Å². The van der Waals surface area contributed by atoms with Crippen LogP contribution in [0.1, 0.15) is 26.7 Å². The molecule has 0 spiro atoms. The third-order valence-electron chi connectivity index (χ3n) is 10.6. The highest BCUT2D eigenvalue weighted by atomic mass is 16.7. The number of hydrogen-bond acceptors (Lipinski definition) is 23. The normalized spacial score (nSPS) is 20.8. The second-order valence-electron chi connectivity index (χ2n) is 16.6. The van der Waals surface area contributed by atoms with E-state index in [0.29, 0.717) is 19.8 Å². The summed E-state index contributed by atoms with van der Waals surface area (Å²) < 4.78 is 59.6. The van der Waals surface area contributed by atoms with Crippen molar-refractivity contribution >= 4 is 47.7 Å². The van der Waals surface area contributed by atoms with Crippen molar-refractivity contribution in [2.24, 2.45) is 38.8 Å². The van der Waals surface area contributed by atoms with Gasteiger partial charge < -0.3 is 122 Å². The Hall–Kier alpha value is -6.64. The van der Waals surface area contributed by atoms with Crippen molar-refractivity contribution in [3.05, 3.63) is 23.7 Å². The highest BCUT2D eigenvalue weighted by Gasteiger charge is 2.46. The Balaban J connectivity index is 2.02. The maximum Gasteiger partial charge on any atom is 0.407 e. The van der Waals surface area contributed by atoms with Gasteiger partial charge in [0.1, 0.15) is 57.1 Å². The summed E-state index contributed by atoms with van der Waals surface area (Å²) in [5.74, 6) is -5.45. The van der Waals surface area contributed by atoms with E-state index >= 15 is 0 Å². The standard InChI is InChI=1S/C45H73N9O23/c1-4-8-67-12-14-69-16-17-70-15-13-68-9-6-34(60)52-27(5-10-72-35(61)23-71-24-75-38(30(58)20-55)37-25(2)28(53-43(46)47)18-32(76-37)41(62)63)22-74-45(66)50-7-11-73-39(31(59)21-56)40-36(51-26(3)57)29(54-44(48)49)19-33(77-40)42(64)65/h1,18-19,25,27-31,36-40,55-56,58-59H,5-17,20-24H2,2-3H3,(H,50,66)(H,51,57)(H,52,60)(H,62,63)(H,64,65)(H4,46,47,53)(H4,48,49,54)/t25-,27+,28+,29+,30-,31-,36-,37-,38-,39-,40-/m1/s1. The molecule has 17 N–H and O–H groups in total. The van der Waals surface area contributed by atoms with Gasteiger partial charge in [-0.2, -0.15) is 0 Å². The first-order chi connectivity index (χ1) is 36.7. The van der Waals surface area contributed by atoms with Gasteiger partial charge in [0, 0.05) is 32.2 Å². The van der Waals surface area contributed by atoms with E-state index in [4.69, 9.17) is 81.5 Å². The largest absolute Gasteiger partial charge is 0.480 e. The number of aliphatic hydroxyl groups is 4. The maximum atomic E-state index is 13.0. The van der Waals surface area contributed by atoms with Crippen molar-refractivity contribution in [1.29, 1.82) is 0 Å². The number of amides is 3. The number of hydrogen-bond donors (Lipinski definition) is 13. The Morgan fingerprint density at radius 2 is 1.29 bits per heavy atom. The number of alkyl carbamates (subject to hydrolysis) is 1. The van der Waals surface area contributed by atoms with Crippen LogP contribution >= 0.6 is 0 Å². The number of aliphatic hydroxyl groups excluding tert-OH is 4. The van der Waals surface area contributed by atoms with Crippen LogP contribution in [0.15, 0.2) is 33.7 Å². The monoisotopic (exact) mass is 1110 g/mol. The van der Waals surface area contributed by atoms with Gasteiger partial charge >= 0.3 is 24.0 Å². The third kappa shape index (κ3) is 26.3. The van der Waals surface area contributed by atoms with Crippen LogP contribution in [-0.2, 0) is 76.1 Å². The molecule has 2 aliphatic rings. The number of nitrogens with two attached hydrogens (primary N) is 4. The molecule has 0 aromatic carbocycles. The number of aliphatic imine (C=N–C) groups is 2. The number of carbonyl (C=O) groups is 6. The molecule has 0 unspecified atom stereocenters. The van der Waals surface area contributed by atoms with E-state index in [1.807, 2.05) is 0 Å². The lowest BCUT2D eigenvalue weighted by atomic mass is 9.87. The van der Waals surface area contributed by atoms with E-state index in [0.717, 1.165) is 13.0 Å². The van der Waals surface area contributed by atoms with E-state index in [9.17, 15) is 59.4 Å². The fourth-order valence-corrected chi connectivity index (χ4v) is 7.10. The summed E-state index contributed by atoms with van der Waals surface area (Å²) >= 11 is 0. The van der Waals surface area contributed by atoms with Gasteiger partial charge in [0.15, 0.2) is 18.0 Å². The van der Waals surface area contributed by atoms with Crippen LogP contribution in [0.5, 0.6) is 0 Å². The molecule has 0 radical (unpaired) electrons. The molecule has 0 saturated carbocycles. The predicted octanol–water partition coefficient (Wildman–Crippen LogP) is -6.17. The number of guanidine groups is 2. The zero-order chi connectivity index (χ0) is 57.3. The van der Waals surface area contributed by atoms with Crippen molar-refractivity contribution in [3.63, 3.8) is 0 Å². The van der Waals surface area contributed by atoms with Crippen LogP contribution in [0.3, 0.4) is 0 Å². The number of nitrogens with one attached hydrogen (secondary N) is 3. The molecule has 0 fully saturated rings. The second-order valence-corrected chi connectivity index (χ2v) is 16.6. The average molecular weight is 1110 g/mol. The first kappa shape index (κ1) is 66.5. The number of carbonyl (C=O) groups excluding carboxylic acids is 4. The molecule has 32 nitrogen and oxygen atoms in total. The van der Waals surface area contributed by atoms with Crippen LogP contribution in [0, 0.1) is 18.3 Å². The topological polar surface area (TPSA) is 490 Å². The molecule has 0 aliphatic carbocycles. The summed E-state index contributed by atoms with van der Waals surface area (Å²) in [6, 6.07) is -4.31. The molecule has 0 saturated heterocycles. The van der Waals surface area contributed by atoms with Gasteiger partial charge in [0.05, 0.1) is 96.8 Å². The van der Waals surface area contributed by atoms with Crippen molar-refractivity contribution < 1.29 is 112 Å². The first-order valence-corrected chi connectivity index (χ1v) is 23.9. The number of rotatable bonds is 39. The fraction of sp³-hybridized carbons (Fsp3) is 0.689. The molecule has 32 heteroatoms. The van der Waals surface area contributed by atoms with E-state index in [1.54, 1.807) is 6.92 Å². The van der Waals surface area contributed by atoms with Crippen LogP contribution in [0.2, 0.25) is 0 Å². The van der Waals surface area contributed by atoms with Gasteiger partial charge in [-0.1, -0.05) is 12.8 Å². The Morgan fingerprint density at radius 3 is 1.84 bits per heavy atom. The van der Waals surface area contributed by atoms with E-state index in [1.165, 1.54) is 6.08 Å². The van der Waals surface area contributed by atoms with Crippen molar-refractivity contribution in [1.82, 2.24) is 16.0 Å². The van der Waals surface area contributed by atoms with E-state index in [-0.39, 0.29) is 65.0 Å². The maximum absolute atomic E-state index is 13.0. The van der Waals surface area contributed by atoms with Gasteiger partial charge in [-0.25, -0.2) is 29.2 Å². The first-order valence-electron chi connectivity index (χ1n) is 23.9. The highest BCUT2D eigenvalue weighted by molar-refractivity contribution is 5.86. The number of carboxylic acid groups (broad SMARTS) is 2. The molecule has 2 aliphatic heterocycles. The minimum Gasteiger partial charge on any atom is -0.480 e. The Kier molecular flexibility index (Phi) is 32.1. The van der Waals surface area contributed by atoms with E-state index < -0.39 is 160 Å². The molecule has 77 heavy (non-hydrogen) atoms. The number of aliphatic carboxylic acids is 2. The lowest BCUT2D eigenvalue weighted by molar-refractivity contribution is -0.190. The van der Waals surface area contributed by atoms with Gasteiger partial charge in [0.2, 0.25) is 23.3 Å². The lowest BCUT2D eigenvalue weighted by Crippen LogP contribution is -2.60. The number of terminal acetylenes is 1. The molecular weight excluding hydrogens is 1030 g/mol. The van der Waals surface area contributed by atoms with Gasteiger partial charge in [-0.15, -0.1) is 6.42 Å². The third-order valence-corrected chi connectivity index (χ3v) is 10.6. The number of nitrogens with zero attached hydrogens (tertiary/aromatic N) is 2. The zero-order valence-electron chi connectivity index (χ0n) is 42.6. The quantitative estimate of drug-likeness (QED) is 0.00680. The van der Waals surface area contributed by atoms with Crippen LogP contribution in [0.4, 0.5) is 4.79 Å². The van der Waals surface area contributed by atoms with Crippen LogP contribution in [-0.4, -0.2) is 245 Å². The molecule has 436 valence electrons. The molecule has 11 atom stereocenters. The SMILES string of the molecule is C#CCOCCOCCOCCOCCC(=O)N[C@@H](CCOC(=O)COCO[C@@H]([C@@H]1OC(C(=O)O)=C[C@H](N=C(N)N)[C@H]1C)[C@H](O)CO)COC(=O)NCCO[C@@H]([C@@H]1OC(C(=O)O)=C[C@H](N=C(N)N)[C@H]1NC(C)=O)[C@H](O)CO. The molecule has 2 heterocycles. The molecular formula is C45H73N9O23. The predicted molar refractivity (Wildman–Crippen MR) is 262 cm³/mol. The summed E-state index contributed by atoms with van der Waals surface area (Å²) in [7, 11) is 0. The molecule has 0 aromatic rings. The van der Waals surface area contributed by atoms with Gasteiger partial charge in [-0.05, 0) is 12.2 Å². The summed E-state index contributed by atoms with van der Waals surface area (Å²) in [5.41, 5.74) is 22.1. The van der Waals surface area contributed by atoms with Gasteiger partial charge in [-0.3, -0.25) is 9.59 Å². The Morgan fingerprint density at radius 1 is 0.740 bits per heavy atom. The number of esters is 1. The summed E-state index contributed by atoms with van der Waals surface area (Å²) in [5, 5.41) is 67.7. The molecule has 0 bridgehead atoms. The Bertz CT molecular complexity index is 2020. The number of carboxylic acids is 2. The average Bonchev–Trinajstić information content (AvgIpc) is 3.37. The summed E-state index contributed by atoms with van der Waals surface area (Å²) in [6.45, 7) is -0.148. The van der Waals surface area contributed by atoms with Crippen molar-refractivity contribution in [2.45, 2.75) is 87.5 Å².